The van der Waals surface area contributed by atoms with Gasteiger partial charge in [0.2, 0.25) is 5.89 Å². The molecular weight excluding hydrogens is 1460 g/mol. The molecule has 18 heteroatoms. The lowest BCUT2D eigenvalue weighted by Gasteiger charge is -2.22. The van der Waals surface area contributed by atoms with Crippen molar-refractivity contribution in [1.82, 2.24) is 63.8 Å². The van der Waals surface area contributed by atoms with Crippen molar-refractivity contribution in [2.75, 3.05) is 0 Å². The summed E-state index contributed by atoms with van der Waals surface area (Å²) >= 11 is 3.34. The number of aromatic nitrogens is 13. The van der Waals surface area contributed by atoms with Crippen LogP contribution >= 0.6 is 23.1 Å². The van der Waals surface area contributed by atoms with Crippen LogP contribution in [0.4, 0.5) is 0 Å². The molecular formula is C97H161N13O3S2. The van der Waals surface area contributed by atoms with Crippen LogP contribution in [-0.4, -0.2) is 63.8 Å². The molecule has 0 amide bonds. The van der Waals surface area contributed by atoms with Crippen LogP contribution in [0.1, 0.15) is 511 Å². The van der Waals surface area contributed by atoms with Crippen molar-refractivity contribution in [1.29, 1.82) is 0 Å². The number of nitrogens with zero attached hydrogens (tertiary/aromatic N) is 12. The Morgan fingerprint density at radius 2 is 0.861 bits per heavy atom. The molecule has 1 N–H and O–H groups in total. The van der Waals surface area contributed by atoms with Crippen LogP contribution in [0.3, 0.4) is 0 Å². The maximum absolute atomic E-state index is 5.88. The van der Waals surface area contributed by atoms with E-state index in [0.29, 0.717) is 29.8 Å². The standard InChI is InChI=1S/2C13H22N2.2C13H21NO.C13H21NS.C12H21N3.C12H20N2O.C8H13NS/c1-13(2,3)12-9-10-15(14-12)11-7-5-4-6-8-11;1-13(2,3)12-14-9-11(15-12)10-7-5-4-6-8-10;1-13(2,3)11-9-14-12(15-11)10-7-5-4-6-8-10;1-13(2,3)12-9-11(14-15-12)10-7-5-4-6-8-10;1-13(2,3)12-9-11(15-14-12)10-7-5-4-6-8-10;1-12(2,3)11-9-15(14-13-11)10-7-5-4-6-8-10;1-12(2,3)11-13-10(15-14-11)9-7-5-4-6-8-9;1-6-5-7(10-9-6)8(2,3)4/h9-11H,4-8H2,1-3H3;9-10H,4-8H2,1-3H3,(H,14,15);4*9-10H,4-8H2,1-3H3;9H,4-8H2,1-3H3;5H,1-4H3. The van der Waals surface area contributed by atoms with Gasteiger partial charge in [-0.15, -0.1) is 5.10 Å². The van der Waals surface area contributed by atoms with Crippen molar-refractivity contribution in [2.45, 2.75) is 483 Å². The minimum absolute atomic E-state index is 0.00355. The summed E-state index contributed by atoms with van der Waals surface area (Å²) in [4.78, 5) is 19.9. The van der Waals surface area contributed by atoms with Gasteiger partial charge in [-0.25, -0.2) is 14.6 Å². The lowest BCUT2D eigenvalue weighted by Crippen LogP contribution is -2.16. The van der Waals surface area contributed by atoms with Gasteiger partial charge in [0, 0.05) is 102 Å². The van der Waals surface area contributed by atoms with Gasteiger partial charge in [0.25, 0.3) is 0 Å². The van der Waals surface area contributed by atoms with E-state index in [1.165, 1.54) is 257 Å². The third kappa shape index (κ3) is 31.2. The van der Waals surface area contributed by atoms with Crippen LogP contribution < -0.4 is 0 Å². The molecule has 7 aliphatic carbocycles. The summed E-state index contributed by atoms with van der Waals surface area (Å²) < 4.78 is 29.8. The van der Waals surface area contributed by atoms with Crippen LogP contribution in [0.15, 0.2) is 62.5 Å². The van der Waals surface area contributed by atoms with Gasteiger partial charge in [-0.2, -0.15) is 18.8 Å². The summed E-state index contributed by atoms with van der Waals surface area (Å²) in [5, 5.41) is 21.6. The average molecular weight is 1620 g/mol. The molecule has 115 heavy (non-hydrogen) atoms. The summed E-state index contributed by atoms with van der Waals surface area (Å²) in [5.74, 6) is 9.13. The van der Waals surface area contributed by atoms with E-state index in [-0.39, 0.29) is 43.3 Å². The Morgan fingerprint density at radius 1 is 0.391 bits per heavy atom. The van der Waals surface area contributed by atoms with E-state index < -0.39 is 0 Å². The summed E-state index contributed by atoms with van der Waals surface area (Å²) in [7, 11) is 0. The Labute approximate surface area is 706 Å². The van der Waals surface area contributed by atoms with E-state index in [2.05, 4.69) is 268 Å². The maximum Gasteiger partial charge on any atom is 0.229 e. The van der Waals surface area contributed by atoms with Crippen molar-refractivity contribution in [3.63, 3.8) is 0 Å². The number of aryl methyl sites for hydroxylation is 1. The number of aromatic amines is 1. The Kier molecular flexibility index (Phi) is 35.5. The number of oxazole rings is 1. The Hall–Kier alpha value is -5.62. The van der Waals surface area contributed by atoms with Crippen molar-refractivity contribution in [2.24, 2.45) is 0 Å². The Bertz CT molecular complexity index is 3330. The van der Waals surface area contributed by atoms with Crippen LogP contribution in [0.5, 0.6) is 0 Å². The number of hydrogen-bond acceptors (Lipinski definition) is 15. The van der Waals surface area contributed by atoms with Crippen molar-refractivity contribution < 1.29 is 13.5 Å². The molecule has 8 heterocycles. The third-order valence-corrected chi connectivity index (χ3v) is 26.4. The summed E-state index contributed by atoms with van der Waals surface area (Å²) in [6.45, 7) is 54.5. The topological polar surface area (TPSA) is 194 Å². The fourth-order valence-electron chi connectivity index (χ4n) is 16.2. The fraction of sp³-hybridized carbons (Fsp3) is 0.773. The predicted octanol–water partition coefficient (Wildman–Crippen LogP) is 29.2. The van der Waals surface area contributed by atoms with Crippen LogP contribution in [0, 0.1) is 6.92 Å². The van der Waals surface area contributed by atoms with Gasteiger partial charge in [0.05, 0.1) is 46.8 Å². The quantitative estimate of drug-likeness (QED) is 0.158. The lowest BCUT2D eigenvalue weighted by molar-refractivity contribution is 0.309. The summed E-state index contributed by atoms with van der Waals surface area (Å²) in [6.07, 6.45) is 55.1. The van der Waals surface area contributed by atoms with Crippen LogP contribution in [0.2, 0.25) is 0 Å². The first-order valence-electron chi connectivity index (χ1n) is 45.7. The molecule has 8 aromatic heterocycles. The first-order valence-corrected chi connectivity index (χ1v) is 47.3. The Balaban J connectivity index is 0.000000165. The van der Waals surface area contributed by atoms with Gasteiger partial charge < -0.3 is 18.4 Å². The molecule has 0 aromatic carbocycles. The molecule has 8 aromatic rings. The monoisotopic (exact) mass is 1620 g/mol. The normalized spacial score (nSPS) is 18.8. The fourth-order valence-corrected chi connectivity index (χ4v) is 18.0. The van der Waals surface area contributed by atoms with Crippen LogP contribution in [0.25, 0.3) is 0 Å². The molecule has 16 nitrogen and oxygen atoms in total. The number of hydrogen-bond donors (Lipinski definition) is 1. The second kappa shape index (κ2) is 43.0. The number of imidazole rings is 1. The van der Waals surface area contributed by atoms with E-state index in [9.17, 15) is 0 Å². The lowest BCUT2D eigenvalue weighted by atomic mass is 9.85. The van der Waals surface area contributed by atoms with Gasteiger partial charge in [-0.05, 0) is 149 Å². The molecule has 15 rings (SSSR count). The first kappa shape index (κ1) is 94.9. The first-order chi connectivity index (χ1) is 54.0. The van der Waals surface area contributed by atoms with E-state index in [1.807, 2.05) is 13.1 Å². The Morgan fingerprint density at radius 3 is 1.25 bits per heavy atom. The highest BCUT2D eigenvalue weighted by Crippen LogP contribution is 2.41. The molecule has 644 valence electrons. The van der Waals surface area contributed by atoms with E-state index >= 15 is 0 Å². The van der Waals surface area contributed by atoms with Gasteiger partial charge in [0.1, 0.15) is 17.3 Å². The second-order valence-corrected chi connectivity index (χ2v) is 44.9. The molecule has 7 aliphatic rings. The minimum Gasteiger partial charge on any atom is -0.445 e. The molecule has 0 bridgehead atoms. The molecule has 0 atom stereocenters. The highest BCUT2D eigenvalue weighted by atomic mass is 32.1. The SMILES string of the molecule is CC(C)(C)c1cc(C2CCCCC2)no1.CC(C)(C)c1cc(C2CCCCC2)sn1.CC(C)(C)c1ccn(C2CCCCC2)n1.CC(C)(C)c1cn(C2CCCCC2)nn1.CC(C)(C)c1cnc(C2CCCCC2)o1.CC(C)(C)c1ncc(C2CCCCC2)[nH]1.CC(C)(C)c1noc(C2CCCCC2)n1.Cc1cc(C(C)(C)C)sn1. The largest absolute Gasteiger partial charge is 0.445 e. The van der Waals surface area contributed by atoms with Crippen molar-refractivity contribution in [3.05, 3.63) is 128 Å². The molecule has 0 radical (unpaired) electrons. The number of rotatable bonds is 7. The molecule has 0 saturated heterocycles. The van der Waals surface area contributed by atoms with Gasteiger partial charge >= 0.3 is 0 Å². The summed E-state index contributed by atoms with van der Waals surface area (Å²) in [6, 6.07) is 10.1. The molecule has 0 spiro atoms. The molecule has 0 aliphatic heterocycles. The van der Waals surface area contributed by atoms with Gasteiger partial charge in [-0.3, -0.25) is 4.68 Å². The van der Waals surface area contributed by atoms with E-state index in [0.717, 1.165) is 58.2 Å². The van der Waals surface area contributed by atoms with Gasteiger partial charge in [0.15, 0.2) is 11.7 Å². The van der Waals surface area contributed by atoms with Crippen molar-refractivity contribution >= 4 is 23.1 Å². The zero-order valence-electron chi connectivity index (χ0n) is 77.3. The molecule has 7 fully saturated rings. The third-order valence-electron chi connectivity index (χ3n) is 24.2. The number of H-pyrrole nitrogens is 1. The molecule has 0 unspecified atom stereocenters. The predicted molar refractivity (Wildman–Crippen MR) is 480 cm³/mol. The van der Waals surface area contributed by atoms with Gasteiger partial charge in [-0.1, -0.05) is 317 Å². The zero-order valence-corrected chi connectivity index (χ0v) is 78.9. The summed E-state index contributed by atoms with van der Waals surface area (Å²) in [5.41, 5.74) is 8.36. The smallest absolute Gasteiger partial charge is 0.229 e. The minimum atomic E-state index is -0.00355. The van der Waals surface area contributed by atoms with E-state index in [1.54, 1.807) is 23.1 Å². The highest BCUT2D eigenvalue weighted by Gasteiger charge is 2.31. The number of nitrogens with one attached hydrogen (secondary N) is 1. The zero-order chi connectivity index (χ0) is 84.0. The highest BCUT2D eigenvalue weighted by molar-refractivity contribution is 7.06. The van der Waals surface area contributed by atoms with Crippen LogP contribution in [-0.2, 0) is 43.3 Å². The second-order valence-electron chi connectivity index (χ2n) is 43.3. The average Bonchev–Trinajstić information content (AvgIpc) is 1.77. The molecule has 7 saturated carbocycles. The van der Waals surface area contributed by atoms with Crippen molar-refractivity contribution in [3.8, 4) is 0 Å². The van der Waals surface area contributed by atoms with E-state index in [4.69, 9.17) is 18.6 Å². The maximum atomic E-state index is 5.88.